The van der Waals surface area contributed by atoms with E-state index < -0.39 is 6.04 Å². The normalized spacial score (nSPS) is 17.0. The topological polar surface area (TPSA) is 130 Å². The quantitative estimate of drug-likeness (QED) is 0.388. The molecule has 0 spiro atoms. The van der Waals surface area contributed by atoms with Crippen molar-refractivity contribution in [3.8, 4) is 11.3 Å². The standard InChI is InChI=1S/C28H31ClN6O4/c1-16(24-5-3-4-21(15-36)32-24)31-26(37)17(2)35-14-19-7-6-18(12-22(19)27(35)38)25-23(29)13-30-28(34-25)33-20-8-10-39-11-9-20/h3-7,12-13,16-17,20,36H,8-11,14-15H2,1-2H3,(H,31,37)(H,30,33,34)/t16-,17-/m1/s1. The number of nitrogens with zero attached hydrogens (tertiary/aromatic N) is 4. The predicted molar refractivity (Wildman–Crippen MR) is 146 cm³/mol. The molecule has 3 N–H and O–H groups in total. The van der Waals surface area contributed by atoms with E-state index in [-0.39, 0.29) is 30.5 Å². The Morgan fingerprint density at radius 3 is 2.77 bits per heavy atom. The minimum absolute atomic E-state index is 0.179. The first-order chi connectivity index (χ1) is 18.8. The highest BCUT2D eigenvalue weighted by Crippen LogP contribution is 2.32. The molecule has 11 heteroatoms. The van der Waals surface area contributed by atoms with Gasteiger partial charge in [-0.05, 0) is 50.5 Å². The SMILES string of the molecule is C[C@H](C(=O)N[C@H](C)c1cccc(CO)n1)N1Cc2ccc(-c3nc(NC4CCOCC4)ncc3Cl)cc2C1=O. The van der Waals surface area contributed by atoms with Gasteiger partial charge in [0, 0.05) is 36.9 Å². The Hall–Kier alpha value is -3.60. The van der Waals surface area contributed by atoms with E-state index >= 15 is 0 Å². The van der Waals surface area contributed by atoms with Crippen molar-refractivity contribution in [3.63, 3.8) is 0 Å². The van der Waals surface area contributed by atoms with Crippen molar-refractivity contribution in [2.24, 2.45) is 0 Å². The number of aliphatic hydroxyl groups excluding tert-OH is 1. The number of pyridine rings is 1. The van der Waals surface area contributed by atoms with Crippen LogP contribution in [0, 0.1) is 0 Å². The van der Waals surface area contributed by atoms with Crippen LogP contribution in [0.25, 0.3) is 11.3 Å². The van der Waals surface area contributed by atoms with Crippen molar-refractivity contribution in [2.45, 2.75) is 58.0 Å². The predicted octanol–water partition coefficient (Wildman–Crippen LogP) is 3.50. The second-order valence-corrected chi connectivity index (χ2v) is 10.3. The van der Waals surface area contributed by atoms with Crippen LogP contribution in [-0.4, -0.2) is 62.1 Å². The van der Waals surface area contributed by atoms with Crippen molar-refractivity contribution in [2.75, 3.05) is 18.5 Å². The van der Waals surface area contributed by atoms with Gasteiger partial charge >= 0.3 is 0 Å². The second kappa shape index (κ2) is 11.6. The van der Waals surface area contributed by atoms with E-state index in [0.717, 1.165) is 18.4 Å². The number of amides is 2. The summed E-state index contributed by atoms with van der Waals surface area (Å²) in [6.45, 7) is 5.07. The highest BCUT2D eigenvalue weighted by atomic mass is 35.5. The fraction of sp³-hybridized carbons (Fsp3) is 0.393. The third-order valence-electron chi connectivity index (χ3n) is 7.15. The van der Waals surface area contributed by atoms with Gasteiger partial charge in [-0.25, -0.2) is 9.97 Å². The van der Waals surface area contributed by atoms with Crippen molar-refractivity contribution in [1.29, 1.82) is 0 Å². The van der Waals surface area contributed by atoms with E-state index in [2.05, 4.69) is 25.6 Å². The Kier molecular flexibility index (Phi) is 8.06. The molecule has 4 heterocycles. The number of anilines is 1. The summed E-state index contributed by atoms with van der Waals surface area (Å²) in [6.07, 6.45) is 3.31. The van der Waals surface area contributed by atoms with Crippen LogP contribution < -0.4 is 10.6 Å². The Labute approximate surface area is 231 Å². The maximum absolute atomic E-state index is 13.4. The minimum Gasteiger partial charge on any atom is -0.390 e. The Morgan fingerprint density at radius 1 is 1.21 bits per heavy atom. The van der Waals surface area contributed by atoms with E-state index in [9.17, 15) is 14.7 Å². The van der Waals surface area contributed by atoms with Crippen molar-refractivity contribution >= 4 is 29.4 Å². The molecule has 1 saturated heterocycles. The molecule has 39 heavy (non-hydrogen) atoms. The summed E-state index contributed by atoms with van der Waals surface area (Å²) in [5.41, 5.74) is 3.75. The van der Waals surface area contributed by atoms with E-state index in [0.29, 0.717) is 58.9 Å². The number of rotatable bonds is 8. The number of ether oxygens (including phenoxy) is 1. The summed E-state index contributed by atoms with van der Waals surface area (Å²) in [6, 6.07) is 9.97. The first kappa shape index (κ1) is 27.0. The average molecular weight is 551 g/mol. The molecule has 0 aliphatic carbocycles. The van der Waals surface area contributed by atoms with Crippen LogP contribution in [0.15, 0.2) is 42.6 Å². The number of aromatic nitrogens is 3. The molecule has 2 aliphatic rings. The number of aliphatic hydroxyl groups is 1. The minimum atomic E-state index is -0.699. The summed E-state index contributed by atoms with van der Waals surface area (Å²) in [5.74, 6) is -0.0378. The van der Waals surface area contributed by atoms with Crippen molar-refractivity contribution in [3.05, 3.63) is 70.1 Å². The summed E-state index contributed by atoms with van der Waals surface area (Å²) < 4.78 is 5.42. The molecule has 10 nitrogen and oxygen atoms in total. The molecular formula is C28H31ClN6O4. The van der Waals surface area contributed by atoms with Gasteiger partial charge in [0.2, 0.25) is 11.9 Å². The Bertz CT molecular complexity index is 1380. The number of halogens is 1. The molecule has 1 fully saturated rings. The zero-order valence-electron chi connectivity index (χ0n) is 21.9. The molecule has 2 atom stereocenters. The lowest BCUT2D eigenvalue weighted by Crippen LogP contribution is -2.46. The Balaban J connectivity index is 1.29. The molecule has 204 valence electrons. The van der Waals surface area contributed by atoms with Gasteiger partial charge in [-0.1, -0.05) is 29.8 Å². The summed E-state index contributed by atoms with van der Waals surface area (Å²) in [4.78, 5) is 41.3. The second-order valence-electron chi connectivity index (χ2n) is 9.84. The molecule has 0 unspecified atom stereocenters. The third kappa shape index (κ3) is 5.88. The third-order valence-corrected chi connectivity index (χ3v) is 7.43. The van der Waals surface area contributed by atoms with Crippen LogP contribution in [-0.2, 0) is 22.7 Å². The number of carbonyl (C=O) groups is 2. The summed E-state index contributed by atoms with van der Waals surface area (Å²) in [5, 5.41) is 16.0. The molecule has 5 rings (SSSR count). The Morgan fingerprint density at radius 2 is 2.00 bits per heavy atom. The zero-order valence-corrected chi connectivity index (χ0v) is 22.6. The van der Waals surface area contributed by atoms with Crippen LogP contribution >= 0.6 is 11.6 Å². The molecular weight excluding hydrogens is 520 g/mol. The van der Waals surface area contributed by atoms with Crippen LogP contribution in [0.3, 0.4) is 0 Å². The lowest BCUT2D eigenvalue weighted by molar-refractivity contribution is -0.125. The maximum Gasteiger partial charge on any atom is 0.255 e. The smallest absolute Gasteiger partial charge is 0.255 e. The first-order valence-corrected chi connectivity index (χ1v) is 13.4. The van der Waals surface area contributed by atoms with Gasteiger partial charge in [0.25, 0.3) is 5.91 Å². The lowest BCUT2D eigenvalue weighted by Gasteiger charge is -2.25. The van der Waals surface area contributed by atoms with Gasteiger partial charge in [0.15, 0.2) is 0 Å². The van der Waals surface area contributed by atoms with Gasteiger partial charge < -0.3 is 25.4 Å². The molecule has 0 radical (unpaired) electrons. The van der Waals surface area contributed by atoms with E-state index in [4.69, 9.17) is 16.3 Å². The van der Waals surface area contributed by atoms with Gasteiger partial charge in [0.1, 0.15) is 6.04 Å². The summed E-state index contributed by atoms with van der Waals surface area (Å²) in [7, 11) is 0. The van der Waals surface area contributed by atoms with Crippen molar-refractivity contribution < 1.29 is 19.4 Å². The van der Waals surface area contributed by atoms with Gasteiger partial charge in [-0.3, -0.25) is 14.6 Å². The number of hydrogen-bond acceptors (Lipinski definition) is 8. The average Bonchev–Trinajstić information content (AvgIpc) is 3.29. The van der Waals surface area contributed by atoms with Gasteiger partial charge in [0.05, 0.1) is 40.9 Å². The summed E-state index contributed by atoms with van der Waals surface area (Å²) >= 11 is 6.46. The number of benzene rings is 1. The highest BCUT2D eigenvalue weighted by molar-refractivity contribution is 6.33. The highest BCUT2D eigenvalue weighted by Gasteiger charge is 2.34. The van der Waals surface area contributed by atoms with Gasteiger partial charge in [-0.2, -0.15) is 0 Å². The number of hydrogen-bond donors (Lipinski definition) is 3. The first-order valence-electron chi connectivity index (χ1n) is 13.0. The van der Waals surface area contributed by atoms with Crippen LogP contribution in [0.5, 0.6) is 0 Å². The number of fused-ring (bicyclic) bond motifs is 1. The molecule has 0 saturated carbocycles. The molecule has 2 amide bonds. The number of nitrogens with one attached hydrogen (secondary N) is 2. The molecule has 0 bridgehead atoms. The van der Waals surface area contributed by atoms with E-state index in [1.165, 1.54) is 0 Å². The van der Waals surface area contributed by atoms with Crippen LogP contribution in [0.2, 0.25) is 5.02 Å². The largest absolute Gasteiger partial charge is 0.390 e. The van der Waals surface area contributed by atoms with E-state index in [1.54, 1.807) is 42.3 Å². The maximum atomic E-state index is 13.4. The van der Waals surface area contributed by atoms with Crippen LogP contribution in [0.1, 0.15) is 60.0 Å². The fourth-order valence-electron chi connectivity index (χ4n) is 4.82. The van der Waals surface area contributed by atoms with Crippen molar-refractivity contribution in [1.82, 2.24) is 25.2 Å². The number of carbonyl (C=O) groups excluding carboxylic acids is 2. The van der Waals surface area contributed by atoms with E-state index in [1.807, 2.05) is 19.1 Å². The lowest BCUT2D eigenvalue weighted by atomic mass is 10.0. The van der Waals surface area contributed by atoms with Crippen LogP contribution in [0.4, 0.5) is 5.95 Å². The molecule has 2 aromatic heterocycles. The fourth-order valence-corrected chi connectivity index (χ4v) is 5.02. The van der Waals surface area contributed by atoms with Gasteiger partial charge in [-0.15, -0.1) is 0 Å². The molecule has 1 aromatic carbocycles. The monoisotopic (exact) mass is 550 g/mol. The molecule has 2 aliphatic heterocycles. The molecule has 3 aromatic rings. The zero-order chi connectivity index (χ0) is 27.5.